The van der Waals surface area contributed by atoms with Crippen LogP contribution in [-0.4, -0.2) is 39.2 Å². The molecular formula is C23H23N3O2S. The molecule has 0 spiro atoms. The molecule has 0 saturated heterocycles. The van der Waals surface area contributed by atoms with Crippen LogP contribution in [0, 0.1) is 6.92 Å². The number of rotatable bonds is 8. The third-order valence-corrected chi connectivity index (χ3v) is 5.40. The molecule has 3 aromatic rings. The van der Waals surface area contributed by atoms with Gasteiger partial charge in [-0.25, -0.2) is 4.98 Å². The first-order valence-corrected chi connectivity index (χ1v) is 10.3. The standard InChI is InChI=1S/C23H23N3O2S/c1-4-14-25(15-5-2)21(27)16-29-23-24-19-12-8-7-11-18(19)22(28)26(23)20-13-9-6-10-17(20)3/h4-13H,1-2,14-16H2,3H3. The number of benzene rings is 2. The van der Waals surface area contributed by atoms with Crippen LogP contribution in [0.3, 0.4) is 0 Å². The lowest BCUT2D eigenvalue weighted by Crippen LogP contribution is -2.33. The Balaban J connectivity index is 2.04. The van der Waals surface area contributed by atoms with E-state index in [-0.39, 0.29) is 17.2 Å². The van der Waals surface area contributed by atoms with Crippen LogP contribution in [0.4, 0.5) is 0 Å². The Labute approximate surface area is 174 Å². The molecule has 0 saturated carbocycles. The van der Waals surface area contributed by atoms with Gasteiger partial charge in [0, 0.05) is 13.1 Å². The van der Waals surface area contributed by atoms with E-state index in [4.69, 9.17) is 4.98 Å². The second-order valence-corrected chi connectivity index (χ2v) is 7.45. The fraction of sp³-hybridized carbons (Fsp3) is 0.174. The molecule has 0 unspecified atom stereocenters. The highest BCUT2D eigenvalue weighted by atomic mass is 32.2. The number of nitrogens with zero attached hydrogens (tertiary/aromatic N) is 3. The SMILES string of the molecule is C=CCN(CC=C)C(=O)CSc1nc2ccccc2c(=O)n1-c1ccccc1C. The summed E-state index contributed by atoms with van der Waals surface area (Å²) in [5.41, 5.74) is 2.19. The van der Waals surface area contributed by atoms with Gasteiger partial charge >= 0.3 is 0 Å². The average Bonchev–Trinajstić information content (AvgIpc) is 2.73. The van der Waals surface area contributed by atoms with Crippen molar-refractivity contribution in [1.29, 1.82) is 0 Å². The van der Waals surface area contributed by atoms with Gasteiger partial charge in [0.2, 0.25) is 5.91 Å². The Bertz CT molecular complexity index is 1110. The fourth-order valence-electron chi connectivity index (χ4n) is 3.04. The summed E-state index contributed by atoms with van der Waals surface area (Å²) in [4.78, 5) is 32.3. The lowest BCUT2D eigenvalue weighted by molar-refractivity contribution is -0.127. The Morgan fingerprint density at radius 3 is 2.45 bits per heavy atom. The van der Waals surface area contributed by atoms with Gasteiger partial charge in [-0.2, -0.15) is 0 Å². The van der Waals surface area contributed by atoms with Crippen molar-refractivity contribution in [3.63, 3.8) is 0 Å². The fourth-order valence-corrected chi connectivity index (χ4v) is 3.95. The van der Waals surface area contributed by atoms with Gasteiger partial charge in [0.1, 0.15) is 0 Å². The van der Waals surface area contributed by atoms with Crippen molar-refractivity contribution in [2.75, 3.05) is 18.8 Å². The Morgan fingerprint density at radius 2 is 1.76 bits per heavy atom. The summed E-state index contributed by atoms with van der Waals surface area (Å²) >= 11 is 1.26. The van der Waals surface area contributed by atoms with Gasteiger partial charge in [-0.05, 0) is 30.7 Å². The van der Waals surface area contributed by atoms with Crippen LogP contribution in [0.5, 0.6) is 0 Å². The molecule has 2 aromatic carbocycles. The quantitative estimate of drug-likeness (QED) is 0.323. The topological polar surface area (TPSA) is 55.2 Å². The molecule has 1 aromatic heterocycles. The van der Waals surface area contributed by atoms with Crippen molar-refractivity contribution < 1.29 is 4.79 Å². The highest BCUT2D eigenvalue weighted by Gasteiger charge is 2.17. The van der Waals surface area contributed by atoms with Gasteiger partial charge in [0.15, 0.2) is 5.16 Å². The van der Waals surface area contributed by atoms with Gasteiger partial charge in [-0.15, -0.1) is 13.2 Å². The summed E-state index contributed by atoms with van der Waals surface area (Å²) in [6.07, 6.45) is 3.37. The number of hydrogen-bond donors (Lipinski definition) is 0. The van der Waals surface area contributed by atoms with Crippen LogP contribution in [0.25, 0.3) is 16.6 Å². The molecule has 1 heterocycles. The largest absolute Gasteiger partial charge is 0.335 e. The van der Waals surface area contributed by atoms with E-state index in [9.17, 15) is 9.59 Å². The zero-order valence-electron chi connectivity index (χ0n) is 16.4. The highest BCUT2D eigenvalue weighted by Crippen LogP contribution is 2.23. The van der Waals surface area contributed by atoms with E-state index in [2.05, 4.69) is 13.2 Å². The van der Waals surface area contributed by atoms with E-state index < -0.39 is 0 Å². The number of thioether (sulfide) groups is 1. The molecule has 0 radical (unpaired) electrons. The van der Waals surface area contributed by atoms with Crippen molar-refractivity contribution >= 4 is 28.6 Å². The maximum absolute atomic E-state index is 13.3. The minimum Gasteiger partial charge on any atom is -0.335 e. The zero-order valence-corrected chi connectivity index (χ0v) is 17.2. The molecule has 6 heteroatoms. The molecule has 1 amide bonds. The Hall–Kier alpha value is -3.12. The molecular weight excluding hydrogens is 382 g/mol. The Kier molecular flexibility index (Phi) is 6.67. The molecule has 0 aliphatic heterocycles. The average molecular weight is 406 g/mol. The van der Waals surface area contributed by atoms with Crippen LogP contribution in [0.1, 0.15) is 5.56 Å². The summed E-state index contributed by atoms with van der Waals surface area (Å²) < 4.78 is 1.60. The van der Waals surface area contributed by atoms with Crippen molar-refractivity contribution in [2.24, 2.45) is 0 Å². The first-order valence-electron chi connectivity index (χ1n) is 9.27. The van der Waals surface area contributed by atoms with Crippen molar-refractivity contribution in [3.05, 3.63) is 89.8 Å². The molecule has 3 rings (SSSR count). The van der Waals surface area contributed by atoms with E-state index in [1.807, 2.05) is 49.4 Å². The lowest BCUT2D eigenvalue weighted by Gasteiger charge is -2.20. The number of carbonyl (C=O) groups is 1. The summed E-state index contributed by atoms with van der Waals surface area (Å²) in [6, 6.07) is 14.9. The van der Waals surface area contributed by atoms with Gasteiger partial charge < -0.3 is 4.90 Å². The van der Waals surface area contributed by atoms with Crippen LogP contribution >= 0.6 is 11.8 Å². The third kappa shape index (κ3) is 4.49. The summed E-state index contributed by atoms with van der Waals surface area (Å²) in [6.45, 7) is 10.2. The second kappa shape index (κ2) is 9.39. The lowest BCUT2D eigenvalue weighted by atomic mass is 10.2. The van der Waals surface area contributed by atoms with Gasteiger partial charge in [0.05, 0.1) is 22.3 Å². The minimum absolute atomic E-state index is 0.0615. The second-order valence-electron chi connectivity index (χ2n) is 6.50. The smallest absolute Gasteiger partial charge is 0.266 e. The molecule has 148 valence electrons. The first kappa shape index (κ1) is 20.6. The first-order chi connectivity index (χ1) is 14.1. The van der Waals surface area contributed by atoms with Crippen LogP contribution in [-0.2, 0) is 4.79 Å². The van der Waals surface area contributed by atoms with Crippen molar-refractivity contribution in [1.82, 2.24) is 14.5 Å². The molecule has 0 N–H and O–H groups in total. The van der Waals surface area contributed by atoms with E-state index in [1.165, 1.54) is 11.8 Å². The predicted octanol–water partition coefficient (Wildman–Crippen LogP) is 3.99. The molecule has 0 atom stereocenters. The minimum atomic E-state index is -0.145. The molecule has 0 fully saturated rings. The summed E-state index contributed by atoms with van der Waals surface area (Å²) in [5, 5.41) is 1.04. The molecule has 0 bridgehead atoms. The maximum atomic E-state index is 13.3. The van der Waals surface area contributed by atoms with Gasteiger partial charge in [-0.3, -0.25) is 14.2 Å². The van der Waals surface area contributed by atoms with Crippen LogP contribution in [0.2, 0.25) is 0 Å². The van der Waals surface area contributed by atoms with E-state index in [0.29, 0.717) is 29.1 Å². The zero-order chi connectivity index (χ0) is 20.8. The monoisotopic (exact) mass is 405 g/mol. The Morgan fingerprint density at radius 1 is 1.10 bits per heavy atom. The molecule has 0 aliphatic rings. The summed E-state index contributed by atoms with van der Waals surface area (Å²) in [5.74, 6) is 0.103. The van der Waals surface area contributed by atoms with E-state index in [0.717, 1.165) is 11.3 Å². The van der Waals surface area contributed by atoms with Crippen LogP contribution in [0.15, 0.2) is 83.8 Å². The number of aryl methyl sites for hydroxylation is 1. The number of para-hydroxylation sites is 2. The molecule has 0 aliphatic carbocycles. The van der Waals surface area contributed by atoms with Gasteiger partial charge in [-0.1, -0.05) is 54.2 Å². The molecule has 5 nitrogen and oxygen atoms in total. The normalized spacial score (nSPS) is 10.7. The highest BCUT2D eigenvalue weighted by molar-refractivity contribution is 7.99. The predicted molar refractivity (Wildman–Crippen MR) is 120 cm³/mol. The number of hydrogen-bond acceptors (Lipinski definition) is 4. The maximum Gasteiger partial charge on any atom is 0.266 e. The van der Waals surface area contributed by atoms with Crippen molar-refractivity contribution in [2.45, 2.75) is 12.1 Å². The number of aromatic nitrogens is 2. The number of amides is 1. The summed E-state index contributed by atoms with van der Waals surface area (Å²) in [7, 11) is 0. The third-order valence-electron chi connectivity index (χ3n) is 4.48. The number of fused-ring (bicyclic) bond motifs is 1. The number of carbonyl (C=O) groups excluding carboxylic acids is 1. The van der Waals surface area contributed by atoms with E-state index >= 15 is 0 Å². The van der Waals surface area contributed by atoms with Gasteiger partial charge in [0.25, 0.3) is 5.56 Å². The molecule has 29 heavy (non-hydrogen) atoms. The van der Waals surface area contributed by atoms with Crippen LogP contribution < -0.4 is 5.56 Å². The van der Waals surface area contributed by atoms with Crippen molar-refractivity contribution in [3.8, 4) is 5.69 Å². The van der Waals surface area contributed by atoms with E-state index in [1.54, 1.807) is 27.7 Å².